The Hall–Kier alpha value is -11.9. The van der Waals surface area contributed by atoms with Crippen molar-refractivity contribution in [2.75, 3.05) is 21.3 Å². The number of carbonyl (C=O) groups is 8. The number of hydrogen-bond donors (Lipinski definition) is 5. The van der Waals surface area contributed by atoms with Gasteiger partial charge in [0, 0.05) is 77.5 Å². The second kappa shape index (κ2) is 37.4. The first-order valence-corrected chi connectivity index (χ1v) is 41.2. The number of aryl methyl sites for hydroxylation is 2. The first kappa shape index (κ1) is 82.1. The van der Waals surface area contributed by atoms with Gasteiger partial charge >= 0.3 is 11.9 Å². The number of benzene rings is 5. The quantitative estimate of drug-likeness (QED) is 0.0169. The number of aromatic amines is 2. The molecule has 3 saturated heterocycles. The number of thiazole rings is 2. The Kier molecular flexibility index (Phi) is 27.2. The molecule has 3 aliphatic rings. The number of nitro groups is 1. The number of nitrogens with zero attached hydrogens (tertiary/aromatic N) is 2. The highest BCUT2D eigenvalue weighted by Gasteiger charge is 2.28. The van der Waals surface area contributed by atoms with Crippen molar-refractivity contribution in [1.82, 2.24) is 25.9 Å². The predicted molar refractivity (Wildman–Crippen MR) is 459 cm³/mol. The van der Waals surface area contributed by atoms with Crippen LogP contribution in [-0.4, -0.2) is 86.3 Å². The molecule has 0 radical (unpaired) electrons. The largest absolute Gasteiger partial charge is 0.465 e. The van der Waals surface area contributed by atoms with Gasteiger partial charge in [0.25, 0.3) is 55.9 Å². The number of nitro benzene ring substituents is 1. The summed E-state index contributed by atoms with van der Waals surface area (Å²) in [6, 6.07) is 48.5. The van der Waals surface area contributed by atoms with Gasteiger partial charge in [0.15, 0.2) is 7.05 Å². The van der Waals surface area contributed by atoms with Crippen LogP contribution in [0.15, 0.2) is 193 Å². The lowest BCUT2D eigenvalue weighted by Gasteiger charge is -2.02. The van der Waals surface area contributed by atoms with Gasteiger partial charge in [-0.05, 0) is 214 Å². The summed E-state index contributed by atoms with van der Waals surface area (Å²) in [4.78, 5) is 151. The van der Waals surface area contributed by atoms with Crippen molar-refractivity contribution in [3.05, 3.63) is 290 Å². The van der Waals surface area contributed by atoms with E-state index < -0.39 is 0 Å². The molecule has 15 rings (SSSR count). The number of amides is 6. The third-order valence-corrected chi connectivity index (χ3v) is 25.1. The fourth-order valence-corrected chi connectivity index (χ4v) is 18.9. The summed E-state index contributed by atoms with van der Waals surface area (Å²) < 4.78 is 12.8. The minimum absolute atomic E-state index is 0.107. The van der Waals surface area contributed by atoms with Crippen LogP contribution in [-0.2, 0) is 23.9 Å². The van der Waals surface area contributed by atoms with Crippen LogP contribution in [0.4, 0.5) is 25.8 Å². The number of rotatable bonds is 14. The van der Waals surface area contributed by atoms with E-state index in [4.69, 9.17) is 15.9 Å². The molecule has 0 spiro atoms. The maximum atomic E-state index is 11.7. The Morgan fingerprint density at radius 1 is 0.451 bits per heavy atom. The van der Waals surface area contributed by atoms with Gasteiger partial charge in [-0.2, -0.15) is 0 Å². The van der Waals surface area contributed by atoms with Crippen molar-refractivity contribution in [2.45, 2.75) is 13.8 Å². The van der Waals surface area contributed by atoms with E-state index in [1.165, 1.54) is 89.3 Å². The number of ether oxygens (including phenoxy) is 2. The summed E-state index contributed by atoms with van der Waals surface area (Å²) in [6.07, 6.45) is 14.1. The van der Waals surface area contributed by atoms with Gasteiger partial charge in [-0.15, -0.1) is 85.8 Å². The van der Waals surface area contributed by atoms with Crippen molar-refractivity contribution in [2.24, 2.45) is 0 Å². The smallest absolute Gasteiger partial charge is 0.337 e. The van der Waals surface area contributed by atoms with E-state index in [1.54, 1.807) is 85.0 Å². The maximum absolute atomic E-state index is 11.7. The average Bonchev–Trinajstić information content (AvgIpc) is 1.75. The topological polar surface area (TPSA) is 320 Å². The number of terminal acetylenes is 1. The molecule has 0 aliphatic carbocycles. The number of carbonyl (C=O) groups excluding carboxylic acids is 8. The number of hydrogen-bond acceptors (Lipinski definition) is 25. The van der Waals surface area contributed by atoms with Gasteiger partial charge in [0.1, 0.15) is 0 Å². The van der Waals surface area contributed by atoms with Gasteiger partial charge in [-0.25, -0.2) is 9.59 Å². The van der Waals surface area contributed by atoms with Crippen LogP contribution in [0.5, 0.6) is 0 Å². The molecule has 3 aliphatic heterocycles. The van der Waals surface area contributed by atoms with Crippen LogP contribution in [0.3, 0.4) is 0 Å². The third-order valence-electron chi connectivity index (χ3n) is 15.9. The number of methoxy groups -OCH3 is 2. The van der Waals surface area contributed by atoms with E-state index >= 15 is 0 Å². The molecule has 113 heavy (non-hydrogen) atoms. The zero-order chi connectivity index (χ0) is 80.7. The second-order valence-electron chi connectivity index (χ2n) is 23.7. The highest BCUT2D eigenvalue weighted by molar-refractivity contribution is 8.19. The zero-order valence-electron chi connectivity index (χ0n) is 59.6. The molecule has 12 aromatic rings. The highest BCUT2D eigenvalue weighted by Crippen LogP contribution is 2.38. The first-order valence-electron chi connectivity index (χ1n) is 32.9. The molecular weight excluding hydrogens is 1630 g/mol. The summed E-state index contributed by atoms with van der Waals surface area (Å²) in [7, 11) is 4.18. The van der Waals surface area contributed by atoms with Crippen molar-refractivity contribution < 1.29 is 57.5 Å². The molecule has 5 N–H and O–H groups in total. The Balaban J connectivity index is 0.000000140. The summed E-state index contributed by atoms with van der Waals surface area (Å²) in [6.45, 7) is 11.1. The SMILES string of the molecule is C#Cc1ccc(-c2ccc(/C=C3/SC(=O)NC3=O)s2)cc1.C=c1[nH]c(=O)c(=Cc2cc(-c3ccc(C)c([N+](=O)[O-])c3)cs2)s1.C=c1[nH]c(=O)c(=Cc2cc(-c3cccc(C(=O)OC)c3)cs2)s1.COC(=O)c1cccc(-c2ccc(C=C3SC(=O)NC3=O)s2)c1.Cc1ccc(-c2ccc(C=C3SC(=O)NC3=O)s2)cc1[N+](C)=O. The van der Waals surface area contributed by atoms with Crippen LogP contribution >= 0.6 is 115 Å². The number of aromatic nitrogens is 2. The van der Waals surface area contributed by atoms with Crippen LogP contribution in [0, 0.1) is 41.2 Å². The lowest BCUT2D eigenvalue weighted by molar-refractivity contribution is -0.428. The molecule has 7 aromatic heterocycles. The lowest BCUT2D eigenvalue weighted by Crippen LogP contribution is -2.19. The highest BCUT2D eigenvalue weighted by atomic mass is 32.2. The third kappa shape index (κ3) is 21.6. The van der Waals surface area contributed by atoms with Crippen molar-refractivity contribution in [1.29, 1.82) is 0 Å². The number of esters is 2. The standard InChI is InChI=1S/C17H13NO3S2.2C16H12N2O3S2.C16H11NO4S2.C16H9NO2S2/c1-10-18-16(19)15(23-10)8-14-7-13(9-22-14)11-4-3-5-12(6-11)17(20)21-2;1-9-3-4-11(6-14(9)18(20)21)12-5-13(22-8-12)7-15-16(19)17-10(2)23-15;1-9-3-4-10(7-12(9)18(2)21)13-6-5-11(22-13)8-14-15(19)17-16(20)23-14;1-21-15(19)10-4-2-3-9(7-10)12-6-5-11(22-12)8-13-14(18)17-16(20)23-13;1-2-10-3-5-11(6-4-10)13-8-7-12(20-13)9-14-15(18)17-16(19)21-14/h3-9H,1H2,2H3,(H,18,19);3-8H,2H2,1H3,(H,17,19);3-8H,1-2H3;2-8H,1H3,(H,17,18,20);1,3-9H,(H,17,18,19)/p+1/b;;;;14-9+. The van der Waals surface area contributed by atoms with Gasteiger partial charge in [0.2, 0.25) is 0 Å². The second-order valence-corrected chi connectivity index (χ2v) is 34.3. The van der Waals surface area contributed by atoms with Crippen LogP contribution < -0.4 is 45.5 Å². The fraction of sp³-hybridized carbons (Fsp3) is 0.0617. The molecule has 0 bridgehead atoms. The van der Waals surface area contributed by atoms with E-state index in [-0.39, 0.29) is 67.1 Å². The number of thioether (sulfide) groups is 3. The van der Waals surface area contributed by atoms with Crippen molar-refractivity contribution in [3.63, 3.8) is 0 Å². The molecule has 0 unspecified atom stereocenters. The van der Waals surface area contributed by atoms with Gasteiger partial charge in [0.05, 0.1) is 63.4 Å². The molecule has 5 aromatic carbocycles. The molecule has 22 nitrogen and oxygen atoms in total. The van der Waals surface area contributed by atoms with Crippen molar-refractivity contribution >= 4 is 215 Å². The van der Waals surface area contributed by atoms with E-state index in [0.717, 1.165) is 129 Å². The average molecular weight is 1690 g/mol. The number of imide groups is 3. The monoisotopic (exact) mass is 1690 g/mol. The number of thiophene rings is 5. The molecule has 3 fully saturated rings. The van der Waals surface area contributed by atoms with E-state index in [9.17, 15) is 63.0 Å². The van der Waals surface area contributed by atoms with Crippen LogP contribution in [0.25, 0.3) is 97.1 Å². The molecule has 0 saturated carbocycles. The molecule has 6 amide bonds. The van der Waals surface area contributed by atoms with Crippen molar-refractivity contribution in [3.8, 4) is 65.9 Å². The normalized spacial score (nSPS) is 14.2. The molecule has 10 heterocycles. The van der Waals surface area contributed by atoms with Crippen LogP contribution in [0.1, 0.15) is 61.8 Å². The van der Waals surface area contributed by atoms with Crippen LogP contribution in [0.2, 0.25) is 0 Å². The summed E-state index contributed by atoms with van der Waals surface area (Å²) in [5.41, 5.74) is 10.4. The van der Waals surface area contributed by atoms with E-state index in [2.05, 4.69) is 45.0 Å². The fourth-order valence-electron chi connectivity index (χ4n) is 10.5. The minimum atomic E-state index is -0.386. The summed E-state index contributed by atoms with van der Waals surface area (Å²) >= 11 is 12.9. The number of H-pyrrole nitrogens is 2. The number of nitroso groups, excluding NO2 is 1. The van der Waals surface area contributed by atoms with E-state index in [0.29, 0.717) is 55.5 Å². The zero-order valence-corrected chi connectivity index (χ0v) is 67.8. The number of nitrogens with one attached hydrogen (secondary N) is 5. The van der Waals surface area contributed by atoms with E-state index in [1.807, 2.05) is 139 Å². The molecular formula is C81H58N7O15S10+. The van der Waals surface area contributed by atoms with Gasteiger partial charge < -0.3 is 19.4 Å². The Bertz CT molecular complexity index is 6350. The molecule has 0 atom stereocenters. The van der Waals surface area contributed by atoms with Gasteiger partial charge in [-0.3, -0.25) is 64.4 Å². The maximum Gasteiger partial charge on any atom is 0.337 e. The predicted octanol–water partition coefficient (Wildman–Crippen LogP) is 16.1. The first-order chi connectivity index (χ1) is 54.1. The Morgan fingerprint density at radius 3 is 1.22 bits per heavy atom. The molecule has 32 heteroatoms. The summed E-state index contributed by atoms with van der Waals surface area (Å²) in [5, 5.41) is 20.6. The Labute approximate surface area is 683 Å². The lowest BCUT2D eigenvalue weighted by atomic mass is 10.1. The molecule has 566 valence electrons. The Morgan fingerprint density at radius 2 is 0.832 bits per heavy atom. The van der Waals surface area contributed by atoms with Gasteiger partial charge in [-0.1, -0.05) is 79.7 Å². The summed E-state index contributed by atoms with van der Waals surface area (Å²) in [5.74, 6) is 0.770. The minimum Gasteiger partial charge on any atom is -0.465 e.